The molecule has 0 rings (SSSR count). The summed E-state index contributed by atoms with van der Waals surface area (Å²) < 4.78 is 111. The monoisotopic (exact) mass is 263 g/mol. The Hall–Kier alpha value is -0.580. The maximum Gasteiger partial charge on any atom is 0.453 e. The molecule has 3 nitrogen and oxygen atoms in total. The second kappa shape index (κ2) is 3.47. The third kappa shape index (κ3) is 3.19. The molecule has 0 radical (unpaired) electrons. The van der Waals surface area contributed by atoms with Crippen molar-refractivity contribution < 1.29 is 43.7 Å². The fourth-order valence-electron chi connectivity index (χ4n) is 0.447. The second-order valence-corrected chi connectivity index (χ2v) is 3.98. The zero-order valence-corrected chi connectivity index (χ0v) is 7.30. The smallest absolute Gasteiger partial charge is 0.453 e. The van der Waals surface area contributed by atoms with Gasteiger partial charge in [0, 0.05) is 0 Å². The minimum absolute atomic E-state index is 3.42. The molecule has 0 bridgehead atoms. The first-order chi connectivity index (χ1) is 6.21. The molecule has 0 amide bonds. The van der Waals surface area contributed by atoms with E-state index in [2.05, 4.69) is 0 Å². The van der Waals surface area contributed by atoms with Crippen LogP contribution in [0, 0.1) is 0 Å². The molecule has 0 fully saturated rings. The van der Waals surface area contributed by atoms with Crippen LogP contribution in [0.25, 0.3) is 0 Å². The Morgan fingerprint density at radius 1 is 0.933 bits per heavy atom. The van der Waals surface area contributed by atoms with Gasteiger partial charge in [-0.25, -0.2) is 8.42 Å². The summed E-state index contributed by atoms with van der Waals surface area (Å²) in [5.74, 6) is -5.95. The Morgan fingerprint density at radius 3 is 1.47 bits per heavy atom. The van der Waals surface area contributed by atoms with Crippen molar-refractivity contribution in [2.75, 3.05) is 0 Å². The van der Waals surface area contributed by atoms with Crippen molar-refractivity contribution in [2.45, 2.75) is 23.8 Å². The largest absolute Gasteiger partial charge is 0.743 e. The van der Waals surface area contributed by atoms with Gasteiger partial charge in [0.05, 0.1) is 6.42 Å². The highest BCUT2D eigenvalue weighted by molar-refractivity contribution is 7.86. The Morgan fingerprint density at radius 2 is 1.27 bits per heavy atom. The van der Waals surface area contributed by atoms with Gasteiger partial charge in [-0.05, 0) is 0 Å². The molecular weight excluding hydrogens is 261 g/mol. The average Bonchev–Trinajstić information content (AvgIpc) is 1.77. The Bertz CT molecular complexity index is 329. The maximum absolute atomic E-state index is 12.1. The zero-order valence-electron chi connectivity index (χ0n) is 6.49. The highest BCUT2D eigenvalue weighted by Crippen LogP contribution is 2.43. The van der Waals surface area contributed by atoms with Crippen molar-refractivity contribution >= 4 is 10.1 Å². The first kappa shape index (κ1) is 14.4. The fraction of sp³-hybridized carbons (Fsp3) is 1.00. The van der Waals surface area contributed by atoms with Crippen LogP contribution >= 0.6 is 0 Å². The summed E-state index contributed by atoms with van der Waals surface area (Å²) in [7, 11) is -6.56. The molecule has 92 valence electrons. The number of hydrogen-bond donors (Lipinski definition) is 0. The van der Waals surface area contributed by atoms with Crippen LogP contribution in [0.3, 0.4) is 0 Å². The van der Waals surface area contributed by atoms with Gasteiger partial charge in [0.1, 0.15) is 0 Å². The van der Waals surface area contributed by atoms with Gasteiger partial charge < -0.3 is 4.55 Å². The van der Waals surface area contributed by atoms with Gasteiger partial charge in [-0.3, -0.25) is 0 Å². The minimum Gasteiger partial charge on any atom is -0.743 e. The van der Waals surface area contributed by atoms with E-state index in [1.54, 1.807) is 0 Å². The van der Waals surface area contributed by atoms with E-state index in [1.165, 1.54) is 0 Å². The molecule has 0 aromatic carbocycles. The number of hydrogen-bond acceptors (Lipinski definition) is 3. The lowest BCUT2D eigenvalue weighted by Gasteiger charge is -2.26. The topological polar surface area (TPSA) is 57.2 Å². The number of rotatable bonds is 3. The van der Waals surface area contributed by atoms with Crippen LogP contribution in [-0.2, 0) is 10.1 Å². The average molecular weight is 263 g/mol. The third-order valence-electron chi connectivity index (χ3n) is 1.21. The van der Waals surface area contributed by atoms with Crippen LogP contribution in [0.2, 0.25) is 0 Å². The van der Waals surface area contributed by atoms with Gasteiger partial charge in [0.25, 0.3) is 0 Å². The van der Waals surface area contributed by atoms with Crippen LogP contribution in [0.15, 0.2) is 0 Å². The summed E-state index contributed by atoms with van der Waals surface area (Å²) in [5.41, 5.74) is 0. The predicted octanol–water partition coefficient (Wildman–Crippen LogP) is 1.71. The van der Waals surface area contributed by atoms with Gasteiger partial charge in [0.15, 0.2) is 10.1 Å². The van der Waals surface area contributed by atoms with Gasteiger partial charge in [0.2, 0.25) is 0 Å². The molecule has 0 spiro atoms. The normalized spacial score (nSPS) is 15.5. The van der Waals surface area contributed by atoms with Crippen molar-refractivity contribution in [3.8, 4) is 0 Å². The van der Waals surface area contributed by atoms with Gasteiger partial charge in [-0.15, -0.1) is 0 Å². The van der Waals surface area contributed by atoms with Crippen LogP contribution in [0.4, 0.5) is 30.7 Å². The Balaban J connectivity index is 5.07. The van der Waals surface area contributed by atoms with E-state index in [1.807, 2.05) is 0 Å². The lowest BCUT2D eigenvalue weighted by Crippen LogP contribution is -2.44. The summed E-state index contributed by atoms with van der Waals surface area (Å²) in [4.78, 5) is 0. The van der Waals surface area contributed by atoms with Gasteiger partial charge in [-0.1, -0.05) is 0 Å². The molecule has 0 N–H and O–H groups in total. The molecule has 0 aromatic rings. The van der Waals surface area contributed by atoms with Crippen LogP contribution in [0.1, 0.15) is 6.42 Å². The summed E-state index contributed by atoms with van der Waals surface area (Å²) in [6.07, 6.45) is -9.77. The zero-order chi connectivity index (χ0) is 12.7. The van der Waals surface area contributed by atoms with Crippen molar-refractivity contribution in [2.24, 2.45) is 0 Å². The molecule has 0 saturated carbocycles. The summed E-state index contributed by atoms with van der Waals surface area (Å²) in [5, 5.41) is -5.67. The number of halogens is 7. The van der Waals surface area contributed by atoms with Gasteiger partial charge in [-0.2, -0.15) is 30.7 Å². The van der Waals surface area contributed by atoms with E-state index in [9.17, 15) is 43.7 Å². The molecule has 15 heavy (non-hydrogen) atoms. The quantitative estimate of drug-likeness (QED) is 0.575. The van der Waals surface area contributed by atoms with Gasteiger partial charge >= 0.3 is 17.4 Å². The molecule has 0 aliphatic heterocycles. The molecule has 0 heterocycles. The van der Waals surface area contributed by atoms with E-state index < -0.39 is 33.9 Å². The summed E-state index contributed by atoms with van der Waals surface area (Å²) in [6, 6.07) is 0. The second-order valence-electron chi connectivity index (χ2n) is 2.47. The fourth-order valence-corrected chi connectivity index (χ4v) is 0.805. The lowest BCUT2D eigenvalue weighted by molar-refractivity contribution is -0.294. The van der Waals surface area contributed by atoms with E-state index >= 15 is 0 Å². The Labute approximate surface area is 78.6 Å². The highest BCUT2D eigenvalue weighted by atomic mass is 32.2. The van der Waals surface area contributed by atoms with Crippen molar-refractivity contribution in [3.63, 3.8) is 0 Å². The van der Waals surface area contributed by atoms with E-state index in [0.717, 1.165) is 0 Å². The lowest BCUT2D eigenvalue weighted by atomic mass is 10.2. The predicted molar refractivity (Wildman–Crippen MR) is 30.3 cm³/mol. The highest BCUT2D eigenvalue weighted by Gasteiger charge is 2.63. The Kier molecular flexibility index (Phi) is 3.34. The first-order valence-electron chi connectivity index (χ1n) is 2.98. The van der Waals surface area contributed by atoms with E-state index in [-0.39, 0.29) is 0 Å². The molecule has 0 aliphatic carbocycles. The van der Waals surface area contributed by atoms with Crippen molar-refractivity contribution in [1.82, 2.24) is 0 Å². The molecule has 0 aliphatic rings. The first-order valence-corrected chi connectivity index (χ1v) is 4.39. The van der Waals surface area contributed by atoms with Crippen molar-refractivity contribution in [3.05, 3.63) is 0 Å². The molecule has 0 aromatic heterocycles. The maximum atomic E-state index is 12.1. The van der Waals surface area contributed by atoms with Crippen LogP contribution in [0.5, 0.6) is 0 Å². The molecular formula is C4H2F7O3S-. The molecule has 0 atom stereocenters. The van der Waals surface area contributed by atoms with Crippen molar-refractivity contribution in [1.29, 1.82) is 0 Å². The van der Waals surface area contributed by atoms with E-state index in [0.29, 0.717) is 0 Å². The molecule has 0 unspecified atom stereocenters. The summed E-state index contributed by atoms with van der Waals surface area (Å²) >= 11 is 0. The van der Waals surface area contributed by atoms with Crippen LogP contribution in [-0.4, -0.2) is 30.3 Å². The molecule has 11 heteroatoms. The SMILES string of the molecule is O=S(=O)([O-])C(F)(F)CC(F)(F)C(F)(F)F. The van der Waals surface area contributed by atoms with Crippen LogP contribution < -0.4 is 0 Å². The third-order valence-corrected chi connectivity index (χ3v) is 2.08. The van der Waals surface area contributed by atoms with E-state index in [4.69, 9.17) is 0 Å². The molecule has 0 saturated heterocycles. The summed E-state index contributed by atoms with van der Waals surface area (Å²) in [6.45, 7) is 0. The minimum atomic E-state index is -6.56. The standard InChI is InChI=1S/C4H3F7O3S/c5-2(6,4(9,10)11)1-3(7,8)15(12,13)14/h1H2,(H,12,13,14)/p-1. The number of alkyl halides is 7.